The topological polar surface area (TPSA) is 38.0 Å². The Bertz CT molecular complexity index is 398. The van der Waals surface area contributed by atoms with Crippen LogP contribution in [0.15, 0.2) is 24.3 Å². The first-order chi connectivity index (χ1) is 9.25. The normalized spacial score (nSPS) is 22.5. The highest BCUT2D eigenvalue weighted by molar-refractivity contribution is 5.36. The molecule has 0 radical (unpaired) electrons. The lowest BCUT2D eigenvalue weighted by Gasteiger charge is -2.40. The molecule has 0 bridgehead atoms. The highest BCUT2D eigenvalue weighted by atomic mass is 15.0. The Kier molecular flexibility index (Phi) is 5.00. The molecule has 0 aromatic heterocycles. The molecular weight excluding hydrogens is 232 g/mol. The molecule has 0 saturated carbocycles. The van der Waals surface area contributed by atoms with E-state index < -0.39 is 0 Å². The molecule has 0 spiro atoms. The Labute approximate surface area is 117 Å². The molecule has 1 aromatic carbocycles. The molecule has 1 unspecified atom stereocenters. The molecular formula is C17H28N2. The molecule has 3 N–H and O–H groups in total. The summed E-state index contributed by atoms with van der Waals surface area (Å²) in [5, 5.41) is 3.82. The third-order valence-corrected chi connectivity index (χ3v) is 4.81. The second-order valence-corrected chi connectivity index (χ2v) is 5.86. The summed E-state index contributed by atoms with van der Waals surface area (Å²) in [6.45, 7) is 6.34. The van der Waals surface area contributed by atoms with Crippen molar-refractivity contribution in [2.75, 3.05) is 13.1 Å². The van der Waals surface area contributed by atoms with Crippen molar-refractivity contribution in [2.45, 2.75) is 51.5 Å². The van der Waals surface area contributed by atoms with Crippen molar-refractivity contribution < 1.29 is 0 Å². The van der Waals surface area contributed by atoms with E-state index in [2.05, 4.69) is 43.4 Å². The Morgan fingerprint density at radius 2 is 2.00 bits per heavy atom. The highest BCUT2D eigenvalue weighted by Gasteiger charge is 2.34. The number of aryl methyl sites for hydroxylation is 1. The van der Waals surface area contributed by atoms with Crippen LogP contribution in [0, 0.1) is 5.92 Å². The van der Waals surface area contributed by atoms with E-state index in [-0.39, 0.29) is 5.54 Å². The lowest BCUT2D eigenvalue weighted by molar-refractivity contribution is 0.267. The fourth-order valence-corrected chi connectivity index (χ4v) is 3.31. The lowest BCUT2D eigenvalue weighted by atomic mass is 9.76. The van der Waals surface area contributed by atoms with Crippen LogP contribution in [0.25, 0.3) is 0 Å². The maximum Gasteiger partial charge on any atom is 0.0561 e. The second kappa shape index (κ2) is 6.53. The molecule has 0 saturated heterocycles. The van der Waals surface area contributed by atoms with Crippen LogP contribution in [0.5, 0.6) is 0 Å². The molecule has 2 heteroatoms. The van der Waals surface area contributed by atoms with E-state index in [1.54, 1.807) is 0 Å². The van der Waals surface area contributed by atoms with Gasteiger partial charge in [-0.25, -0.2) is 0 Å². The molecule has 1 aromatic rings. The molecule has 2 rings (SSSR count). The van der Waals surface area contributed by atoms with Crippen LogP contribution in [0.2, 0.25) is 0 Å². The van der Waals surface area contributed by atoms with E-state index in [9.17, 15) is 0 Å². The van der Waals surface area contributed by atoms with Crippen molar-refractivity contribution in [3.8, 4) is 0 Å². The second-order valence-electron chi connectivity index (χ2n) is 5.86. The van der Waals surface area contributed by atoms with Gasteiger partial charge in [-0.15, -0.1) is 0 Å². The third kappa shape index (κ3) is 3.01. The summed E-state index contributed by atoms with van der Waals surface area (Å²) in [6.07, 6.45) is 6.09. The average molecular weight is 260 g/mol. The number of hydrogen-bond donors (Lipinski definition) is 2. The molecule has 1 atom stereocenters. The van der Waals surface area contributed by atoms with Gasteiger partial charge in [0, 0.05) is 6.54 Å². The summed E-state index contributed by atoms with van der Waals surface area (Å²) in [4.78, 5) is 0. The van der Waals surface area contributed by atoms with E-state index in [0.29, 0.717) is 6.54 Å². The number of benzene rings is 1. The Balaban J connectivity index is 2.19. The van der Waals surface area contributed by atoms with Gasteiger partial charge in [0.2, 0.25) is 0 Å². The van der Waals surface area contributed by atoms with Gasteiger partial charge in [0.15, 0.2) is 0 Å². The maximum atomic E-state index is 6.16. The van der Waals surface area contributed by atoms with Crippen LogP contribution in [0.1, 0.15) is 50.7 Å². The van der Waals surface area contributed by atoms with Gasteiger partial charge in [-0.3, -0.25) is 0 Å². The number of rotatable bonds is 6. The number of nitrogens with one attached hydrogen (secondary N) is 1. The minimum Gasteiger partial charge on any atom is -0.328 e. The predicted molar refractivity (Wildman–Crippen MR) is 82.2 cm³/mol. The largest absolute Gasteiger partial charge is 0.328 e. The van der Waals surface area contributed by atoms with Crippen molar-refractivity contribution in [2.24, 2.45) is 11.7 Å². The summed E-state index contributed by atoms with van der Waals surface area (Å²) >= 11 is 0. The summed E-state index contributed by atoms with van der Waals surface area (Å²) in [5.41, 5.74) is 9.09. The molecule has 2 nitrogen and oxygen atoms in total. The molecule has 1 aliphatic rings. The minimum absolute atomic E-state index is 0.0113. The van der Waals surface area contributed by atoms with Gasteiger partial charge in [0.25, 0.3) is 0 Å². The molecule has 1 aliphatic carbocycles. The summed E-state index contributed by atoms with van der Waals surface area (Å²) in [7, 11) is 0. The van der Waals surface area contributed by atoms with Crippen LogP contribution >= 0.6 is 0 Å². The fourth-order valence-electron chi connectivity index (χ4n) is 3.31. The average Bonchev–Trinajstić information content (AvgIpc) is 2.48. The molecule has 19 heavy (non-hydrogen) atoms. The SMILES string of the molecule is CCC(CC)CNC1(CN)CCCc2ccccc21. The Morgan fingerprint density at radius 1 is 1.26 bits per heavy atom. The molecule has 0 amide bonds. The fraction of sp³-hybridized carbons (Fsp3) is 0.647. The first-order valence-electron chi connectivity index (χ1n) is 7.79. The Hall–Kier alpha value is -0.860. The standard InChI is InChI=1S/C17H28N2/c1-3-14(4-2)12-19-17(13-18)11-7-9-15-8-5-6-10-16(15)17/h5-6,8,10,14,19H,3-4,7,9,11-13,18H2,1-2H3. The zero-order valence-electron chi connectivity index (χ0n) is 12.4. The highest BCUT2D eigenvalue weighted by Crippen LogP contribution is 2.34. The van der Waals surface area contributed by atoms with Gasteiger partial charge in [-0.1, -0.05) is 51.0 Å². The lowest BCUT2D eigenvalue weighted by Crippen LogP contribution is -2.51. The van der Waals surface area contributed by atoms with E-state index in [0.717, 1.165) is 12.5 Å². The van der Waals surface area contributed by atoms with Gasteiger partial charge in [-0.2, -0.15) is 0 Å². The maximum absolute atomic E-state index is 6.16. The number of fused-ring (bicyclic) bond motifs is 1. The minimum atomic E-state index is 0.0113. The van der Waals surface area contributed by atoms with E-state index >= 15 is 0 Å². The van der Waals surface area contributed by atoms with Crippen molar-refractivity contribution in [3.05, 3.63) is 35.4 Å². The zero-order valence-corrected chi connectivity index (χ0v) is 12.4. The first kappa shape index (κ1) is 14.5. The molecule has 0 heterocycles. The first-order valence-corrected chi connectivity index (χ1v) is 7.79. The van der Waals surface area contributed by atoms with Crippen LogP contribution in [0.4, 0.5) is 0 Å². The van der Waals surface area contributed by atoms with E-state index in [1.165, 1.54) is 43.2 Å². The predicted octanol–water partition coefficient (Wildman–Crippen LogP) is 3.20. The van der Waals surface area contributed by atoms with Crippen molar-refractivity contribution in [1.29, 1.82) is 0 Å². The third-order valence-electron chi connectivity index (χ3n) is 4.81. The van der Waals surface area contributed by atoms with E-state index in [4.69, 9.17) is 5.73 Å². The van der Waals surface area contributed by atoms with Crippen molar-refractivity contribution >= 4 is 0 Å². The Morgan fingerprint density at radius 3 is 2.68 bits per heavy atom. The van der Waals surface area contributed by atoms with Crippen molar-refractivity contribution in [3.63, 3.8) is 0 Å². The van der Waals surface area contributed by atoms with Crippen LogP contribution < -0.4 is 11.1 Å². The number of nitrogens with two attached hydrogens (primary N) is 1. The summed E-state index contributed by atoms with van der Waals surface area (Å²) < 4.78 is 0. The van der Waals surface area contributed by atoms with Crippen LogP contribution in [-0.4, -0.2) is 13.1 Å². The van der Waals surface area contributed by atoms with Crippen molar-refractivity contribution in [1.82, 2.24) is 5.32 Å². The van der Waals surface area contributed by atoms with Gasteiger partial charge in [0.1, 0.15) is 0 Å². The quantitative estimate of drug-likeness (QED) is 0.824. The zero-order chi connectivity index (χ0) is 13.7. The van der Waals surface area contributed by atoms with Gasteiger partial charge in [0.05, 0.1) is 5.54 Å². The molecule has 106 valence electrons. The van der Waals surface area contributed by atoms with Crippen LogP contribution in [0.3, 0.4) is 0 Å². The smallest absolute Gasteiger partial charge is 0.0561 e. The van der Waals surface area contributed by atoms with Gasteiger partial charge in [-0.05, 0) is 42.9 Å². The van der Waals surface area contributed by atoms with Crippen LogP contribution in [-0.2, 0) is 12.0 Å². The van der Waals surface area contributed by atoms with Gasteiger partial charge >= 0.3 is 0 Å². The number of hydrogen-bond acceptors (Lipinski definition) is 2. The monoisotopic (exact) mass is 260 g/mol. The summed E-state index contributed by atoms with van der Waals surface area (Å²) in [5.74, 6) is 0.762. The molecule has 0 aliphatic heterocycles. The summed E-state index contributed by atoms with van der Waals surface area (Å²) in [6, 6.07) is 8.82. The molecule has 0 fully saturated rings. The van der Waals surface area contributed by atoms with Gasteiger partial charge < -0.3 is 11.1 Å². The van der Waals surface area contributed by atoms with E-state index in [1.807, 2.05) is 0 Å².